The SMILES string of the molecule is CNC(C)c1cccn1Cc1cccc(F)c1F. The normalized spacial score (nSPS) is 12.7. The van der Waals surface area contributed by atoms with Crippen molar-refractivity contribution in [1.29, 1.82) is 0 Å². The molecule has 0 aliphatic heterocycles. The highest BCUT2D eigenvalue weighted by Crippen LogP contribution is 2.17. The molecule has 1 heterocycles. The van der Waals surface area contributed by atoms with E-state index in [4.69, 9.17) is 0 Å². The molecule has 1 atom stereocenters. The highest BCUT2D eigenvalue weighted by Gasteiger charge is 2.11. The zero-order chi connectivity index (χ0) is 13.1. The molecule has 0 amide bonds. The van der Waals surface area contributed by atoms with E-state index in [1.165, 1.54) is 6.07 Å². The molecule has 0 aliphatic rings. The van der Waals surface area contributed by atoms with Gasteiger partial charge in [0.05, 0.1) is 6.54 Å². The number of rotatable bonds is 4. The Bertz CT molecular complexity index is 534. The molecule has 1 unspecified atom stereocenters. The molecule has 2 rings (SSSR count). The van der Waals surface area contributed by atoms with Crippen molar-refractivity contribution in [1.82, 2.24) is 9.88 Å². The summed E-state index contributed by atoms with van der Waals surface area (Å²) in [5.41, 5.74) is 1.40. The Kier molecular flexibility index (Phi) is 3.77. The zero-order valence-corrected chi connectivity index (χ0v) is 10.5. The molecular weight excluding hydrogens is 234 g/mol. The molecule has 2 nitrogen and oxygen atoms in total. The quantitative estimate of drug-likeness (QED) is 0.882. The van der Waals surface area contributed by atoms with Gasteiger partial charge in [0.1, 0.15) is 0 Å². The highest BCUT2D eigenvalue weighted by molar-refractivity contribution is 5.21. The first-order chi connectivity index (χ1) is 8.63. The van der Waals surface area contributed by atoms with Gasteiger partial charge >= 0.3 is 0 Å². The Labute approximate surface area is 105 Å². The average molecular weight is 250 g/mol. The van der Waals surface area contributed by atoms with Crippen LogP contribution in [0.25, 0.3) is 0 Å². The van der Waals surface area contributed by atoms with Crippen LogP contribution >= 0.6 is 0 Å². The average Bonchev–Trinajstić information content (AvgIpc) is 2.82. The van der Waals surface area contributed by atoms with E-state index in [-0.39, 0.29) is 6.04 Å². The largest absolute Gasteiger partial charge is 0.345 e. The maximum atomic E-state index is 13.6. The second kappa shape index (κ2) is 5.31. The van der Waals surface area contributed by atoms with Crippen LogP contribution in [0.3, 0.4) is 0 Å². The maximum Gasteiger partial charge on any atom is 0.163 e. The van der Waals surface area contributed by atoms with Gasteiger partial charge in [0.25, 0.3) is 0 Å². The Morgan fingerprint density at radius 3 is 2.72 bits per heavy atom. The van der Waals surface area contributed by atoms with E-state index in [9.17, 15) is 8.78 Å². The summed E-state index contributed by atoms with van der Waals surface area (Å²) in [4.78, 5) is 0. The zero-order valence-electron chi connectivity index (χ0n) is 10.5. The minimum absolute atomic E-state index is 0.164. The van der Waals surface area contributed by atoms with Crippen molar-refractivity contribution in [2.24, 2.45) is 0 Å². The van der Waals surface area contributed by atoms with Gasteiger partial charge in [0.15, 0.2) is 11.6 Å². The number of aromatic nitrogens is 1. The van der Waals surface area contributed by atoms with Gasteiger partial charge in [-0.3, -0.25) is 0 Å². The van der Waals surface area contributed by atoms with Crippen LogP contribution < -0.4 is 5.32 Å². The first-order valence-corrected chi connectivity index (χ1v) is 5.88. The smallest absolute Gasteiger partial charge is 0.163 e. The lowest BCUT2D eigenvalue weighted by atomic mass is 10.2. The fourth-order valence-corrected chi connectivity index (χ4v) is 1.97. The molecular formula is C14H16F2N2. The summed E-state index contributed by atoms with van der Waals surface area (Å²) in [6.45, 7) is 2.35. The first kappa shape index (κ1) is 12.8. The molecule has 4 heteroatoms. The first-order valence-electron chi connectivity index (χ1n) is 5.88. The summed E-state index contributed by atoms with van der Waals surface area (Å²) in [7, 11) is 1.87. The molecule has 96 valence electrons. The minimum Gasteiger partial charge on any atom is -0.345 e. The molecule has 2 aromatic rings. The van der Waals surface area contributed by atoms with Crippen LogP contribution in [0.15, 0.2) is 36.5 Å². The maximum absolute atomic E-state index is 13.6. The van der Waals surface area contributed by atoms with Gasteiger partial charge < -0.3 is 9.88 Å². The molecule has 18 heavy (non-hydrogen) atoms. The van der Waals surface area contributed by atoms with Crippen LogP contribution in [0.5, 0.6) is 0 Å². The third-order valence-electron chi connectivity index (χ3n) is 3.11. The van der Waals surface area contributed by atoms with Gasteiger partial charge in [-0.05, 0) is 32.2 Å². The van der Waals surface area contributed by atoms with E-state index in [1.54, 1.807) is 6.07 Å². The Morgan fingerprint density at radius 2 is 2.00 bits per heavy atom. The van der Waals surface area contributed by atoms with Crippen LogP contribution in [0.4, 0.5) is 8.78 Å². The van der Waals surface area contributed by atoms with Gasteiger partial charge in [-0.25, -0.2) is 8.78 Å². The number of nitrogens with zero attached hydrogens (tertiary/aromatic N) is 1. The van der Waals surface area contributed by atoms with E-state index in [1.807, 2.05) is 36.9 Å². The molecule has 0 spiro atoms. The second-order valence-electron chi connectivity index (χ2n) is 4.28. The summed E-state index contributed by atoms with van der Waals surface area (Å²) >= 11 is 0. The molecule has 1 aromatic carbocycles. The molecule has 1 N–H and O–H groups in total. The van der Waals surface area contributed by atoms with E-state index in [0.29, 0.717) is 12.1 Å². The van der Waals surface area contributed by atoms with Crippen LogP contribution in [-0.2, 0) is 6.54 Å². The van der Waals surface area contributed by atoms with Crippen molar-refractivity contribution in [3.05, 3.63) is 59.4 Å². The van der Waals surface area contributed by atoms with E-state index in [0.717, 1.165) is 11.8 Å². The van der Waals surface area contributed by atoms with Gasteiger partial charge in [-0.15, -0.1) is 0 Å². The lowest BCUT2D eigenvalue weighted by Gasteiger charge is -2.15. The Hall–Kier alpha value is -1.68. The van der Waals surface area contributed by atoms with Crippen LogP contribution in [0.1, 0.15) is 24.2 Å². The van der Waals surface area contributed by atoms with E-state index >= 15 is 0 Å². The van der Waals surface area contributed by atoms with Crippen LogP contribution in [0.2, 0.25) is 0 Å². The van der Waals surface area contributed by atoms with Crippen LogP contribution in [0, 0.1) is 11.6 Å². The third kappa shape index (κ3) is 2.43. The highest BCUT2D eigenvalue weighted by atomic mass is 19.2. The fourth-order valence-electron chi connectivity index (χ4n) is 1.97. The molecule has 0 bridgehead atoms. The summed E-state index contributed by atoms with van der Waals surface area (Å²) in [6, 6.07) is 8.30. The predicted molar refractivity (Wildman–Crippen MR) is 67.4 cm³/mol. The van der Waals surface area contributed by atoms with Crippen molar-refractivity contribution in [2.45, 2.75) is 19.5 Å². The predicted octanol–water partition coefficient (Wildman–Crippen LogP) is 3.10. The summed E-state index contributed by atoms with van der Waals surface area (Å²) < 4.78 is 28.7. The summed E-state index contributed by atoms with van der Waals surface area (Å²) in [6.07, 6.45) is 1.87. The standard InChI is InChI=1S/C14H16F2N2/c1-10(17-2)13-7-4-8-18(13)9-11-5-3-6-12(15)14(11)16/h3-8,10,17H,9H2,1-2H3. The third-order valence-corrected chi connectivity index (χ3v) is 3.11. The molecule has 0 fully saturated rings. The molecule has 0 saturated heterocycles. The van der Waals surface area contributed by atoms with Gasteiger partial charge in [-0.1, -0.05) is 12.1 Å². The number of halogens is 2. The van der Waals surface area contributed by atoms with Gasteiger partial charge in [0.2, 0.25) is 0 Å². The monoisotopic (exact) mass is 250 g/mol. The molecule has 0 radical (unpaired) electrons. The van der Waals surface area contributed by atoms with Crippen molar-refractivity contribution >= 4 is 0 Å². The van der Waals surface area contributed by atoms with Gasteiger partial charge in [0, 0.05) is 23.5 Å². The lowest BCUT2D eigenvalue weighted by molar-refractivity contribution is 0.492. The lowest BCUT2D eigenvalue weighted by Crippen LogP contribution is -2.17. The molecule has 0 saturated carbocycles. The number of nitrogens with one attached hydrogen (secondary N) is 1. The van der Waals surface area contributed by atoms with Crippen LogP contribution in [-0.4, -0.2) is 11.6 Å². The second-order valence-corrected chi connectivity index (χ2v) is 4.28. The summed E-state index contributed by atoms with van der Waals surface area (Å²) in [5.74, 6) is -1.57. The number of benzene rings is 1. The minimum atomic E-state index is -0.803. The van der Waals surface area contributed by atoms with Crippen molar-refractivity contribution in [3.63, 3.8) is 0 Å². The van der Waals surface area contributed by atoms with E-state index in [2.05, 4.69) is 5.32 Å². The Morgan fingerprint density at radius 1 is 1.22 bits per heavy atom. The Balaban J connectivity index is 2.29. The van der Waals surface area contributed by atoms with Crippen molar-refractivity contribution < 1.29 is 8.78 Å². The van der Waals surface area contributed by atoms with E-state index < -0.39 is 11.6 Å². The number of hydrogen-bond acceptors (Lipinski definition) is 1. The topological polar surface area (TPSA) is 17.0 Å². The fraction of sp³-hybridized carbons (Fsp3) is 0.286. The van der Waals surface area contributed by atoms with Gasteiger partial charge in [-0.2, -0.15) is 0 Å². The summed E-state index contributed by atoms with van der Waals surface area (Å²) in [5, 5.41) is 3.13. The molecule has 1 aromatic heterocycles. The van der Waals surface area contributed by atoms with Crippen molar-refractivity contribution in [3.8, 4) is 0 Å². The number of hydrogen-bond donors (Lipinski definition) is 1. The molecule has 0 aliphatic carbocycles. The van der Waals surface area contributed by atoms with Crippen molar-refractivity contribution in [2.75, 3.05) is 7.05 Å².